The number of carbonyl (C=O) groups is 2. The molecule has 0 aliphatic heterocycles. The minimum absolute atomic E-state index is 0.112. The molecular formula is C17H13N4O3-. The van der Waals surface area contributed by atoms with Crippen LogP contribution in [-0.2, 0) is 4.79 Å². The molecule has 0 bridgehead atoms. The van der Waals surface area contributed by atoms with Crippen LogP contribution in [0.1, 0.15) is 10.6 Å². The molecule has 3 aromatic rings. The van der Waals surface area contributed by atoms with Crippen LogP contribution in [0.4, 0.5) is 0 Å². The molecule has 1 N–H and O–H groups in total. The second-order valence-electron chi connectivity index (χ2n) is 4.93. The Morgan fingerprint density at radius 3 is 2.25 bits per heavy atom. The molecule has 120 valence electrons. The predicted molar refractivity (Wildman–Crippen MR) is 84.1 cm³/mol. The quantitative estimate of drug-likeness (QED) is 0.734. The molecule has 0 spiro atoms. The van der Waals surface area contributed by atoms with Gasteiger partial charge in [0.15, 0.2) is 5.82 Å². The van der Waals surface area contributed by atoms with E-state index in [2.05, 4.69) is 15.4 Å². The summed E-state index contributed by atoms with van der Waals surface area (Å²) in [4.78, 5) is 26.8. The molecule has 0 aliphatic rings. The van der Waals surface area contributed by atoms with Crippen molar-refractivity contribution in [1.82, 2.24) is 20.1 Å². The second-order valence-corrected chi connectivity index (χ2v) is 4.93. The molecule has 24 heavy (non-hydrogen) atoms. The highest BCUT2D eigenvalue weighted by molar-refractivity contribution is 5.92. The number of nitrogens with zero attached hydrogens (tertiary/aromatic N) is 3. The number of hydrogen-bond acceptors (Lipinski definition) is 5. The molecule has 1 amide bonds. The molecule has 7 heteroatoms. The van der Waals surface area contributed by atoms with Gasteiger partial charge in [0.05, 0.1) is 18.2 Å². The maximum Gasteiger partial charge on any atom is 0.291 e. The van der Waals surface area contributed by atoms with Gasteiger partial charge in [-0.15, -0.1) is 5.10 Å². The first-order valence-electron chi connectivity index (χ1n) is 7.21. The summed E-state index contributed by atoms with van der Waals surface area (Å²) in [6, 6.07) is 18.5. The molecule has 0 radical (unpaired) electrons. The van der Waals surface area contributed by atoms with Crippen molar-refractivity contribution in [2.24, 2.45) is 0 Å². The van der Waals surface area contributed by atoms with Crippen LogP contribution in [0.3, 0.4) is 0 Å². The fourth-order valence-corrected chi connectivity index (χ4v) is 2.16. The van der Waals surface area contributed by atoms with Crippen LogP contribution in [0.5, 0.6) is 0 Å². The van der Waals surface area contributed by atoms with E-state index in [9.17, 15) is 14.7 Å². The van der Waals surface area contributed by atoms with E-state index in [1.807, 2.05) is 60.7 Å². The number of hydrogen-bond donors (Lipinski definition) is 1. The molecule has 3 rings (SSSR count). The highest BCUT2D eigenvalue weighted by atomic mass is 16.4. The van der Waals surface area contributed by atoms with Crippen molar-refractivity contribution in [2.75, 3.05) is 6.54 Å². The fraction of sp³-hybridized carbons (Fsp3) is 0.0588. The van der Waals surface area contributed by atoms with Crippen molar-refractivity contribution in [2.45, 2.75) is 0 Å². The number of para-hydroxylation sites is 1. The van der Waals surface area contributed by atoms with Gasteiger partial charge < -0.3 is 15.2 Å². The average molecular weight is 321 g/mol. The third-order valence-electron chi connectivity index (χ3n) is 3.24. The summed E-state index contributed by atoms with van der Waals surface area (Å²) in [7, 11) is 0. The Kier molecular flexibility index (Phi) is 4.33. The van der Waals surface area contributed by atoms with E-state index in [1.54, 1.807) is 4.68 Å². The first-order chi connectivity index (χ1) is 11.6. The fourth-order valence-electron chi connectivity index (χ4n) is 2.16. The molecular weight excluding hydrogens is 308 g/mol. The summed E-state index contributed by atoms with van der Waals surface area (Å²) in [5.74, 6) is -1.68. The molecule has 0 aliphatic carbocycles. The minimum atomic E-state index is -1.38. The summed E-state index contributed by atoms with van der Waals surface area (Å²) >= 11 is 0. The Morgan fingerprint density at radius 1 is 1.00 bits per heavy atom. The molecule has 0 unspecified atom stereocenters. The zero-order valence-electron chi connectivity index (χ0n) is 12.5. The molecule has 7 nitrogen and oxygen atoms in total. The minimum Gasteiger partial charge on any atom is -0.548 e. The number of rotatable bonds is 5. The van der Waals surface area contributed by atoms with Gasteiger partial charge in [0.25, 0.3) is 5.91 Å². The predicted octanol–water partition coefficient (Wildman–Crippen LogP) is 0.414. The largest absolute Gasteiger partial charge is 0.548 e. The summed E-state index contributed by atoms with van der Waals surface area (Å²) in [6.45, 7) is -0.598. The van der Waals surface area contributed by atoms with Gasteiger partial charge >= 0.3 is 0 Å². The molecule has 2 aromatic carbocycles. The van der Waals surface area contributed by atoms with Crippen LogP contribution in [0.2, 0.25) is 0 Å². The van der Waals surface area contributed by atoms with Crippen molar-refractivity contribution >= 4 is 11.9 Å². The lowest BCUT2D eigenvalue weighted by molar-refractivity contribution is -0.303. The van der Waals surface area contributed by atoms with Gasteiger partial charge in [-0.2, -0.15) is 0 Å². The number of amides is 1. The Morgan fingerprint density at radius 2 is 1.62 bits per heavy atom. The topological polar surface area (TPSA) is 99.9 Å². The molecule has 0 atom stereocenters. The first-order valence-corrected chi connectivity index (χ1v) is 7.21. The van der Waals surface area contributed by atoms with Crippen molar-refractivity contribution in [3.05, 3.63) is 66.5 Å². The molecule has 0 saturated heterocycles. The van der Waals surface area contributed by atoms with E-state index in [0.717, 1.165) is 11.3 Å². The van der Waals surface area contributed by atoms with Crippen molar-refractivity contribution in [1.29, 1.82) is 0 Å². The van der Waals surface area contributed by atoms with Gasteiger partial charge in [0.2, 0.25) is 5.82 Å². The number of nitrogens with one attached hydrogen (secondary N) is 1. The molecule has 1 aromatic heterocycles. The van der Waals surface area contributed by atoms with Crippen LogP contribution in [0.15, 0.2) is 60.7 Å². The first kappa shape index (κ1) is 15.4. The van der Waals surface area contributed by atoms with Crippen LogP contribution in [-0.4, -0.2) is 33.2 Å². The van der Waals surface area contributed by atoms with E-state index >= 15 is 0 Å². The highest BCUT2D eigenvalue weighted by Crippen LogP contribution is 2.20. The van der Waals surface area contributed by atoms with Crippen molar-refractivity contribution in [3.8, 4) is 17.1 Å². The second kappa shape index (κ2) is 6.74. The van der Waals surface area contributed by atoms with Gasteiger partial charge in [0, 0.05) is 5.56 Å². The maximum atomic E-state index is 12.0. The van der Waals surface area contributed by atoms with Crippen LogP contribution in [0.25, 0.3) is 17.1 Å². The van der Waals surface area contributed by atoms with Gasteiger partial charge in [0.1, 0.15) is 0 Å². The number of benzene rings is 2. The molecule has 1 heterocycles. The summed E-state index contributed by atoms with van der Waals surface area (Å²) < 4.78 is 1.54. The zero-order chi connectivity index (χ0) is 16.9. The monoisotopic (exact) mass is 321 g/mol. The number of carboxylic acids is 1. The van der Waals surface area contributed by atoms with Gasteiger partial charge in [-0.1, -0.05) is 48.5 Å². The maximum absolute atomic E-state index is 12.0. The lowest BCUT2D eigenvalue weighted by Crippen LogP contribution is -2.38. The van der Waals surface area contributed by atoms with E-state index in [4.69, 9.17) is 0 Å². The number of carboxylic acid groups (broad SMARTS) is 1. The van der Waals surface area contributed by atoms with Crippen LogP contribution >= 0.6 is 0 Å². The Labute approximate surface area is 137 Å². The Bertz CT molecular complexity index is 803. The van der Waals surface area contributed by atoms with Gasteiger partial charge in [-0.05, 0) is 12.1 Å². The highest BCUT2D eigenvalue weighted by Gasteiger charge is 2.18. The van der Waals surface area contributed by atoms with Crippen LogP contribution < -0.4 is 10.4 Å². The molecule has 0 fully saturated rings. The van der Waals surface area contributed by atoms with Crippen LogP contribution in [0, 0.1) is 0 Å². The zero-order valence-corrected chi connectivity index (χ0v) is 12.5. The number of aromatic nitrogens is 3. The third-order valence-corrected chi connectivity index (χ3v) is 3.24. The lowest BCUT2D eigenvalue weighted by Gasteiger charge is -2.05. The SMILES string of the molecule is O=C([O-])CNC(=O)c1nc(-c2ccccc2)n(-c2ccccc2)n1. The normalized spacial score (nSPS) is 10.3. The van der Waals surface area contributed by atoms with Crippen molar-refractivity contribution < 1.29 is 14.7 Å². The van der Waals surface area contributed by atoms with Crippen molar-refractivity contribution in [3.63, 3.8) is 0 Å². The Balaban J connectivity index is 2.03. The average Bonchev–Trinajstić information content (AvgIpc) is 3.06. The number of aliphatic carboxylic acids is 1. The van der Waals surface area contributed by atoms with Gasteiger partial charge in [-0.25, -0.2) is 9.67 Å². The lowest BCUT2D eigenvalue weighted by atomic mass is 10.2. The summed E-state index contributed by atoms with van der Waals surface area (Å²) in [6.07, 6.45) is 0. The Hall–Kier alpha value is -3.48. The van der Waals surface area contributed by atoms with E-state index in [0.29, 0.717) is 5.82 Å². The smallest absolute Gasteiger partial charge is 0.291 e. The third kappa shape index (κ3) is 3.30. The standard InChI is InChI=1S/C17H14N4O3/c22-14(23)11-18-17(24)15-19-16(12-7-3-1-4-8-12)21(20-15)13-9-5-2-6-10-13/h1-10H,11H2,(H,18,24)(H,22,23)/p-1. The molecule has 0 saturated carbocycles. The van der Waals surface area contributed by atoms with E-state index in [-0.39, 0.29) is 5.82 Å². The van der Waals surface area contributed by atoms with E-state index in [1.165, 1.54) is 0 Å². The van der Waals surface area contributed by atoms with Gasteiger partial charge in [-0.3, -0.25) is 4.79 Å². The number of carbonyl (C=O) groups excluding carboxylic acids is 2. The summed E-state index contributed by atoms with van der Waals surface area (Å²) in [5, 5.41) is 16.9. The van der Waals surface area contributed by atoms with E-state index < -0.39 is 18.4 Å². The summed E-state index contributed by atoms with van der Waals surface area (Å²) in [5.41, 5.74) is 1.52.